The fourth-order valence-electron chi connectivity index (χ4n) is 3.29. The van der Waals surface area contributed by atoms with Gasteiger partial charge in [0.2, 0.25) is 0 Å². The average Bonchev–Trinajstić information content (AvgIpc) is 2.29. The van der Waals surface area contributed by atoms with E-state index in [1.807, 2.05) is 0 Å². The van der Waals surface area contributed by atoms with E-state index in [2.05, 4.69) is 6.58 Å². The largest absolute Gasteiger partial charge is 0.459 e. The first-order chi connectivity index (χ1) is 7.70. The summed E-state index contributed by atoms with van der Waals surface area (Å²) in [4.78, 5) is 11.1. The Morgan fingerprint density at radius 1 is 1.31 bits per heavy atom. The standard InChI is InChI=1S/C13H21NO2/c1-2-13(15)16-10-6-7-11-9(8-10)4-3-5-12(11)14/h2,9-12H,1,3-8,14H2. The van der Waals surface area contributed by atoms with E-state index in [9.17, 15) is 4.79 Å². The first-order valence-corrected chi connectivity index (χ1v) is 6.29. The van der Waals surface area contributed by atoms with Crippen molar-refractivity contribution in [3.8, 4) is 0 Å². The zero-order valence-corrected chi connectivity index (χ0v) is 9.73. The Bertz CT molecular complexity index is 277. The molecule has 2 saturated carbocycles. The molecule has 2 rings (SSSR count). The van der Waals surface area contributed by atoms with Crippen LogP contribution < -0.4 is 5.73 Å². The summed E-state index contributed by atoms with van der Waals surface area (Å²) in [6, 6.07) is 0.370. The maximum atomic E-state index is 11.1. The summed E-state index contributed by atoms with van der Waals surface area (Å²) in [7, 11) is 0. The highest BCUT2D eigenvalue weighted by atomic mass is 16.5. The van der Waals surface area contributed by atoms with Crippen LogP contribution in [0.5, 0.6) is 0 Å². The van der Waals surface area contributed by atoms with Gasteiger partial charge in [0.15, 0.2) is 0 Å². The van der Waals surface area contributed by atoms with Crippen molar-refractivity contribution in [2.75, 3.05) is 0 Å². The van der Waals surface area contributed by atoms with Crippen molar-refractivity contribution in [2.45, 2.75) is 50.7 Å². The third-order valence-corrected chi connectivity index (χ3v) is 4.10. The lowest BCUT2D eigenvalue weighted by atomic mass is 9.68. The molecule has 0 spiro atoms. The van der Waals surface area contributed by atoms with Gasteiger partial charge in [0.05, 0.1) is 0 Å². The van der Waals surface area contributed by atoms with Gasteiger partial charge in [-0.3, -0.25) is 0 Å². The molecule has 3 heteroatoms. The number of fused-ring (bicyclic) bond motifs is 1. The Morgan fingerprint density at radius 2 is 2.12 bits per heavy atom. The van der Waals surface area contributed by atoms with Gasteiger partial charge in [-0.05, 0) is 43.9 Å². The molecule has 16 heavy (non-hydrogen) atoms. The van der Waals surface area contributed by atoms with Crippen molar-refractivity contribution in [1.82, 2.24) is 0 Å². The molecule has 0 amide bonds. The second-order valence-electron chi connectivity index (χ2n) is 5.09. The Morgan fingerprint density at radius 3 is 2.88 bits per heavy atom. The van der Waals surface area contributed by atoms with Crippen molar-refractivity contribution in [3.63, 3.8) is 0 Å². The molecular formula is C13H21NO2. The molecule has 3 nitrogen and oxygen atoms in total. The number of carbonyl (C=O) groups excluding carboxylic acids is 1. The number of carbonyl (C=O) groups is 1. The first-order valence-electron chi connectivity index (χ1n) is 6.29. The molecule has 2 fully saturated rings. The summed E-state index contributed by atoms with van der Waals surface area (Å²) < 4.78 is 5.33. The molecule has 0 aliphatic heterocycles. The third kappa shape index (κ3) is 2.46. The topological polar surface area (TPSA) is 52.3 Å². The highest BCUT2D eigenvalue weighted by Gasteiger charge is 2.37. The predicted molar refractivity (Wildman–Crippen MR) is 62.7 cm³/mol. The van der Waals surface area contributed by atoms with E-state index in [4.69, 9.17) is 10.5 Å². The third-order valence-electron chi connectivity index (χ3n) is 4.10. The van der Waals surface area contributed by atoms with E-state index in [0.717, 1.165) is 25.7 Å². The summed E-state index contributed by atoms with van der Waals surface area (Å²) in [6.07, 6.45) is 8.06. The summed E-state index contributed by atoms with van der Waals surface area (Å²) >= 11 is 0. The van der Waals surface area contributed by atoms with E-state index < -0.39 is 0 Å². The normalized spacial score (nSPS) is 38.6. The minimum atomic E-state index is -0.288. The second-order valence-corrected chi connectivity index (χ2v) is 5.09. The van der Waals surface area contributed by atoms with Gasteiger partial charge in [-0.15, -0.1) is 0 Å². The number of ether oxygens (including phenoxy) is 1. The van der Waals surface area contributed by atoms with Crippen LogP contribution in [-0.4, -0.2) is 18.1 Å². The molecule has 2 N–H and O–H groups in total. The van der Waals surface area contributed by atoms with Gasteiger partial charge >= 0.3 is 5.97 Å². The highest BCUT2D eigenvalue weighted by Crippen LogP contribution is 2.40. The van der Waals surface area contributed by atoms with E-state index in [0.29, 0.717) is 17.9 Å². The monoisotopic (exact) mass is 223 g/mol. The molecule has 0 aromatic carbocycles. The minimum absolute atomic E-state index is 0.0945. The Kier molecular flexibility index (Phi) is 3.64. The van der Waals surface area contributed by atoms with Crippen molar-refractivity contribution < 1.29 is 9.53 Å². The Balaban J connectivity index is 1.89. The van der Waals surface area contributed by atoms with Crippen LogP contribution >= 0.6 is 0 Å². The minimum Gasteiger partial charge on any atom is -0.459 e. The Labute approximate surface area is 97.0 Å². The van der Waals surface area contributed by atoms with E-state index >= 15 is 0 Å². The molecular weight excluding hydrogens is 202 g/mol. The van der Waals surface area contributed by atoms with Crippen LogP contribution in [0, 0.1) is 11.8 Å². The van der Waals surface area contributed by atoms with Crippen LogP contribution in [-0.2, 0) is 9.53 Å². The molecule has 2 aliphatic carbocycles. The maximum Gasteiger partial charge on any atom is 0.330 e. The van der Waals surface area contributed by atoms with Crippen LogP contribution in [0.25, 0.3) is 0 Å². The van der Waals surface area contributed by atoms with Gasteiger partial charge in [0.1, 0.15) is 6.10 Å². The molecule has 4 unspecified atom stereocenters. The molecule has 4 atom stereocenters. The van der Waals surface area contributed by atoms with Crippen molar-refractivity contribution in [2.24, 2.45) is 17.6 Å². The van der Waals surface area contributed by atoms with E-state index in [1.165, 1.54) is 18.9 Å². The smallest absolute Gasteiger partial charge is 0.330 e. The van der Waals surface area contributed by atoms with Crippen LogP contribution in [0.1, 0.15) is 38.5 Å². The summed E-state index contributed by atoms with van der Waals surface area (Å²) in [5.74, 6) is 1.04. The summed E-state index contributed by atoms with van der Waals surface area (Å²) in [5.41, 5.74) is 6.14. The average molecular weight is 223 g/mol. The van der Waals surface area contributed by atoms with E-state index in [-0.39, 0.29) is 12.1 Å². The molecule has 90 valence electrons. The molecule has 0 heterocycles. The van der Waals surface area contributed by atoms with Gasteiger partial charge in [-0.25, -0.2) is 4.79 Å². The molecule has 0 saturated heterocycles. The summed E-state index contributed by atoms with van der Waals surface area (Å²) in [5, 5.41) is 0. The van der Waals surface area contributed by atoms with Crippen molar-refractivity contribution in [1.29, 1.82) is 0 Å². The van der Waals surface area contributed by atoms with Crippen LogP contribution in [0.15, 0.2) is 12.7 Å². The molecule has 0 aromatic heterocycles. The SMILES string of the molecule is C=CC(=O)OC1CCC2C(N)CCCC2C1. The Hall–Kier alpha value is -0.830. The lowest BCUT2D eigenvalue weighted by Gasteiger charge is -2.42. The van der Waals surface area contributed by atoms with Crippen molar-refractivity contribution >= 4 is 5.97 Å². The predicted octanol–water partition coefficient (Wildman–Crippen LogP) is 2.01. The van der Waals surface area contributed by atoms with Gasteiger partial charge in [-0.2, -0.15) is 0 Å². The first kappa shape index (κ1) is 11.6. The van der Waals surface area contributed by atoms with E-state index in [1.54, 1.807) is 0 Å². The number of hydrogen-bond acceptors (Lipinski definition) is 3. The van der Waals surface area contributed by atoms with Crippen LogP contribution in [0.2, 0.25) is 0 Å². The highest BCUT2D eigenvalue weighted by molar-refractivity contribution is 5.81. The number of nitrogens with two attached hydrogens (primary N) is 1. The van der Waals surface area contributed by atoms with Gasteiger partial charge in [-0.1, -0.05) is 13.0 Å². The second kappa shape index (κ2) is 5.00. The number of esters is 1. The maximum absolute atomic E-state index is 11.1. The fourth-order valence-corrected chi connectivity index (χ4v) is 3.29. The zero-order chi connectivity index (χ0) is 11.5. The molecule has 0 bridgehead atoms. The van der Waals surface area contributed by atoms with Gasteiger partial charge in [0, 0.05) is 12.1 Å². The fraction of sp³-hybridized carbons (Fsp3) is 0.769. The zero-order valence-electron chi connectivity index (χ0n) is 9.73. The summed E-state index contributed by atoms with van der Waals surface area (Å²) in [6.45, 7) is 3.43. The van der Waals surface area contributed by atoms with Crippen LogP contribution in [0.4, 0.5) is 0 Å². The quantitative estimate of drug-likeness (QED) is 0.575. The lowest BCUT2D eigenvalue weighted by Crippen LogP contribution is -2.43. The number of hydrogen-bond donors (Lipinski definition) is 1. The number of rotatable bonds is 2. The van der Waals surface area contributed by atoms with Gasteiger partial charge < -0.3 is 10.5 Å². The lowest BCUT2D eigenvalue weighted by molar-refractivity contribution is -0.146. The molecule has 2 aliphatic rings. The van der Waals surface area contributed by atoms with Gasteiger partial charge in [0.25, 0.3) is 0 Å². The van der Waals surface area contributed by atoms with Crippen LogP contribution in [0.3, 0.4) is 0 Å². The van der Waals surface area contributed by atoms with Crippen molar-refractivity contribution in [3.05, 3.63) is 12.7 Å². The molecule has 0 radical (unpaired) electrons. The molecule has 0 aromatic rings.